The molecule has 0 radical (unpaired) electrons. The summed E-state index contributed by atoms with van der Waals surface area (Å²) in [5.41, 5.74) is 1.40. The number of morpholine rings is 1. The molecule has 2 unspecified atom stereocenters. The molecule has 1 aliphatic carbocycles. The van der Waals surface area contributed by atoms with Crippen LogP contribution < -0.4 is 5.32 Å². The van der Waals surface area contributed by atoms with Gasteiger partial charge in [-0.15, -0.1) is 0 Å². The maximum atomic E-state index is 12.7. The van der Waals surface area contributed by atoms with Crippen molar-refractivity contribution in [3.63, 3.8) is 0 Å². The molecular formula is C21H30N4O2. The largest absolute Gasteiger partial charge is 0.378 e. The van der Waals surface area contributed by atoms with Crippen molar-refractivity contribution in [2.45, 2.75) is 31.2 Å². The lowest BCUT2D eigenvalue weighted by molar-refractivity contribution is -0.140. The number of piperidine rings is 1. The Morgan fingerprint density at radius 2 is 1.78 bits per heavy atom. The van der Waals surface area contributed by atoms with E-state index in [-0.39, 0.29) is 5.92 Å². The van der Waals surface area contributed by atoms with Crippen molar-refractivity contribution in [2.24, 2.45) is 10.9 Å². The van der Waals surface area contributed by atoms with E-state index in [1.165, 1.54) is 5.56 Å². The molecule has 3 aliphatic rings. The molecule has 1 aromatic carbocycles. The van der Waals surface area contributed by atoms with Crippen molar-refractivity contribution < 1.29 is 9.53 Å². The highest BCUT2D eigenvalue weighted by Crippen LogP contribution is 2.40. The van der Waals surface area contributed by atoms with E-state index in [2.05, 4.69) is 45.5 Å². The summed E-state index contributed by atoms with van der Waals surface area (Å²) in [5, 5.41) is 3.63. The molecule has 6 nitrogen and oxygen atoms in total. The van der Waals surface area contributed by atoms with Crippen LogP contribution in [-0.2, 0) is 9.53 Å². The summed E-state index contributed by atoms with van der Waals surface area (Å²) in [7, 11) is 1.85. The molecule has 2 atom stereocenters. The third kappa shape index (κ3) is 4.26. The monoisotopic (exact) mass is 370 g/mol. The summed E-state index contributed by atoms with van der Waals surface area (Å²) in [6.45, 7) is 4.61. The summed E-state index contributed by atoms with van der Waals surface area (Å²) in [5.74, 6) is 2.03. The van der Waals surface area contributed by atoms with Gasteiger partial charge in [0.25, 0.3) is 0 Å². The first-order chi connectivity index (χ1) is 13.3. The first-order valence-electron chi connectivity index (χ1n) is 10.2. The molecule has 1 saturated carbocycles. The average molecular weight is 370 g/mol. The van der Waals surface area contributed by atoms with Crippen molar-refractivity contribution in [1.29, 1.82) is 0 Å². The minimum atomic E-state index is 0.149. The number of hydrogen-bond acceptors (Lipinski definition) is 3. The van der Waals surface area contributed by atoms with Gasteiger partial charge in [0.05, 0.1) is 13.2 Å². The highest BCUT2D eigenvalue weighted by Gasteiger charge is 2.40. The van der Waals surface area contributed by atoms with E-state index in [0.29, 0.717) is 31.1 Å². The molecule has 0 aromatic heterocycles. The topological polar surface area (TPSA) is 57.2 Å². The van der Waals surface area contributed by atoms with E-state index < -0.39 is 0 Å². The third-order valence-electron chi connectivity index (χ3n) is 6.01. The Hall–Kier alpha value is -2.08. The molecule has 0 spiro atoms. The van der Waals surface area contributed by atoms with E-state index in [1.54, 1.807) is 0 Å². The molecule has 2 saturated heterocycles. The number of benzene rings is 1. The van der Waals surface area contributed by atoms with Gasteiger partial charge in [0, 0.05) is 51.1 Å². The average Bonchev–Trinajstić information content (AvgIpc) is 3.52. The van der Waals surface area contributed by atoms with Crippen LogP contribution in [-0.4, -0.2) is 74.1 Å². The first-order valence-corrected chi connectivity index (χ1v) is 10.2. The second-order valence-electron chi connectivity index (χ2n) is 7.75. The van der Waals surface area contributed by atoms with Crippen LogP contribution in [0.5, 0.6) is 0 Å². The van der Waals surface area contributed by atoms with Gasteiger partial charge in [-0.1, -0.05) is 30.3 Å². The van der Waals surface area contributed by atoms with Crippen LogP contribution >= 0.6 is 0 Å². The molecule has 6 heteroatoms. The molecule has 4 rings (SSSR count). The van der Waals surface area contributed by atoms with Gasteiger partial charge in [0.1, 0.15) is 0 Å². The van der Waals surface area contributed by atoms with Crippen LogP contribution in [0.25, 0.3) is 0 Å². The van der Waals surface area contributed by atoms with Crippen LogP contribution in [0.15, 0.2) is 35.3 Å². The second-order valence-corrected chi connectivity index (χ2v) is 7.75. The number of hydrogen-bond donors (Lipinski definition) is 1. The van der Waals surface area contributed by atoms with Crippen LogP contribution in [0, 0.1) is 5.92 Å². The summed E-state index contributed by atoms with van der Waals surface area (Å²) < 4.78 is 5.36. The second kappa shape index (κ2) is 8.30. The predicted octanol–water partition coefficient (Wildman–Crippen LogP) is 1.69. The molecule has 2 heterocycles. The lowest BCUT2D eigenvalue weighted by Crippen LogP contribution is -2.50. The number of rotatable bonds is 3. The van der Waals surface area contributed by atoms with Crippen LogP contribution in [0.1, 0.15) is 30.7 Å². The summed E-state index contributed by atoms with van der Waals surface area (Å²) in [6, 6.07) is 11.2. The number of ether oxygens (including phenoxy) is 1. The van der Waals surface area contributed by atoms with Crippen molar-refractivity contribution >= 4 is 11.9 Å². The van der Waals surface area contributed by atoms with E-state index in [9.17, 15) is 4.79 Å². The van der Waals surface area contributed by atoms with Gasteiger partial charge in [0.2, 0.25) is 5.91 Å². The Labute approximate surface area is 161 Å². The summed E-state index contributed by atoms with van der Waals surface area (Å²) >= 11 is 0. The van der Waals surface area contributed by atoms with Crippen molar-refractivity contribution in [1.82, 2.24) is 15.1 Å². The van der Waals surface area contributed by atoms with Crippen molar-refractivity contribution in [3.8, 4) is 0 Å². The van der Waals surface area contributed by atoms with Crippen molar-refractivity contribution in [3.05, 3.63) is 35.9 Å². The normalized spacial score (nSPS) is 26.8. The number of carbonyl (C=O) groups is 1. The maximum Gasteiger partial charge on any atom is 0.225 e. The third-order valence-corrected chi connectivity index (χ3v) is 6.01. The number of amides is 1. The van der Waals surface area contributed by atoms with Crippen LogP contribution in [0.2, 0.25) is 0 Å². The van der Waals surface area contributed by atoms with Gasteiger partial charge in [0.15, 0.2) is 5.96 Å². The number of nitrogens with one attached hydrogen (secondary N) is 1. The molecule has 146 valence electrons. The number of nitrogens with zero attached hydrogens (tertiary/aromatic N) is 3. The zero-order valence-corrected chi connectivity index (χ0v) is 16.1. The molecule has 1 aromatic rings. The van der Waals surface area contributed by atoms with E-state index in [1.807, 2.05) is 11.9 Å². The van der Waals surface area contributed by atoms with E-state index in [0.717, 1.165) is 51.4 Å². The van der Waals surface area contributed by atoms with Crippen LogP contribution in [0.3, 0.4) is 0 Å². The number of guanidine groups is 1. The molecule has 2 aliphatic heterocycles. The number of likely N-dealkylation sites (tertiary alicyclic amines) is 1. The highest BCUT2D eigenvalue weighted by molar-refractivity contribution is 5.82. The van der Waals surface area contributed by atoms with E-state index in [4.69, 9.17) is 4.74 Å². The van der Waals surface area contributed by atoms with Gasteiger partial charge in [-0.3, -0.25) is 9.79 Å². The quantitative estimate of drug-likeness (QED) is 0.650. The lowest BCUT2D eigenvalue weighted by Gasteiger charge is -2.36. The molecule has 1 N–H and O–H groups in total. The fourth-order valence-electron chi connectivity index (χ4n) is 4.27. The first kappa shape index (κ1) is 18.3. The zero-order chi connectivity index (χ0) is 18.6. The molecule has 27 heavy (non-hydrogen) atoms. The highest BCUT2D eigenvalue weighted by atomic mass is 16.5. The predicted molar refractivity (Wildman–Crippen MR) is 106 cm³/mol. The molecule has 0 bridgehead atoms. The fourth-order valence-corrected chi connectivity index (χ4v) is 4.27. The van der Waals surface area contributed by atoms with Crippen molar-refractivity contribution in [2.75, 3.05) is 46.4 Å². The van der Waals surface area contributed by atoms with Gasteiger partial charge in [-0.25, -0.2) is 0 Å². The smallest absolute Gasteiger partial charge is 0.225 e. The molecule has 3 fully saturated rings. The maximum absolute atomic E-state index is 12.7. The number of aliphatic imine (C=N–C) groups is 1. The zero-order valence-electron chi connectivity index (χ0n) is 16.1. The lowest BCUT2D eigenvalue weighted by atomic mass is 9.95. The fraction of sp³-hybridized carbons (Fsp3) is 0.619. The molecule has 1 amide bonds. The Morgan fingerprint density at radius 3 is 2.44 bits per heavy atom. The Balaban J connectivity index is 1.26. The Bertz CT molecular complexity index is 664. The van der Waals surface area contributed by atoms with Gasteiger partial charge in [-0.2, -0.15) is 0 Å². The molecular weight excluding hydrogens is 340 g/mol. The standard InChI is InChI=1S/C21H30N4O2/c1-22-21(23-19-15-18(19)16-5-3-2-4-6-16)25-9-7-17(8-10-25)20(26)24-11-13-27-14-12-24/h2-6,17-19H,7-15H2,1H3,(H,22,23). The van der Waals surface area contributed by atoms with Gasteiger partial charge in [-0.05, 0) is 24.8 Å². The summed E-state index contributed by atoms with van der Waals surface area (Å²) in [4.78, 5) is 21.5. The minimum Gasteiger partial charge on any atom is -0.378 e. The Kier molecular flexibility index (Phi) is 5.62. The number of carbonyl (C=O) groups excluding carboxylic acids is 1. The summed E-state index contributed by atoms with van der Waals surface area (Å²) in [6.07, 6.45) is 2.97. The minimum absolute atomic E-state index is 0.149. The van der Waals surface area contributed by atoms with Crippen LogP contribution in [0.4, 0.5) is 0 Å². The van der Waals surface area contributed by atoms with E-state index >= 15 is 0 Å². The van der Waals surface area contributed by atoms with Gasteiger partial charge < -0.3 is 19.9 Å². The van der Waals surface area contributed by atoms with Gasteiger partial charge >= 0.3 is 0 Å². The Morgan fingerprint density at radius 1 is 1.07 bits per heavy atom. The SMILES string of the molecule is CN=C(NC1CC1c1ccccc1)N1CCC(C(=O)N2CCOCC2)CC1.